The van der Waals surface area contributed by atoms with Gasteiger partial charge in [-0.25, -0.2) is 4.98 Å². The predicted molar refractivity (Wildman–Crippen MR) is 105 cm³/mol. The fourth-order valence-electron chi connectivity index (χ4n) is 3.62. The zero-order valence-electron chi connectivity index (χ0n) is 15.9. The second-order valence-corrected chi connectivity index (χ2v) is 7.15. The number of alkyl halides is 3. The molecule has 0 aromatic carbocycles. The molecule has 3 aromatic rings. The fraction of sp³-hybridized carbons (Fsp3) is 0.400. The lowest BCUT2D eigenvalue weighted by molar-refractivity contribution is -0.141. The van der Waals surface area contributed by atoms with Gasteiger partial charge in [-0.15, -0.1) is 0 Å². The van der Waals surface area contributed by atoms with E-state index in [9.17, 15) is 13.2 Å². The van der Waals surface area contributed by atoms with Crippen LogP contribution in [0.25, 0.3) is 11.0 Å². The smallest absolute Gasteiger partial charge is 0.365 e. The quantitative estimate of drug-likeness (QED) is 0.696. The van der Waals surface area contributed by atoms with Gasteiger partial charge in [0.25, 0.3) is 0 Å². The molecule has 0 saturated carbocycles. The van der Waals surface area contributed by atoms with Crippen LogP contribution in [0.4, 0.5) is 24.9 Å². The van der Waals surface area contributed by atoms with E-state index < -0.39 is 11.9 Å². The van der Waals surface area contributed by atoms with Gasteiger partial charge in [-0.3, -0.25) is 4.98 Å². The first-order valence-corrected chi connectivity index (χ1v) is 9.58. The Morgan fingerprint density at radius 2 is 1.90 bits per heavy atom. The molecule has 1 N–H and O–H groups in total. The number of rotatable bonds is 4. The van der Waals surface area contributed by atoms with E-state index in [1.54, 1.807) is 12.3 Å². The highest BCUT2D eigenvalue weighted by atomic mass is 19.4. The lowest BCUT2D eigenvalue weighted by atomic mass is 10.0. The number of anilines is 2. The van der Waals surface area contributed by atoms with Gasteiger partial charge in [-0.2, -0.15) is 23.1 Å². The van der Waals surface area contributed by atoms with Gasteiger partial charge in [0.05, 0.1) is 5.39 Å². The van der Waals surface area contributed by atoms with Gasteiger partial charge in [0, 0.05) is 37.1 Å². The van der Waals surface area contributed by atoms with Crippen molar-refractivity contribution in [3.8, 4) is 0 Å². The maximum atomic E-state index is 13.2. The Kier molecular flexibility index (Phi) is 5.21. The maximum Gasteiger partial charge on any atom is 0.433 e. The van der Waals surface area contributed by atoms with E-state index in [0.717, 1.165) is 32.0 Å². The number of fused-ring (bicyclic) bond motifs is 1. The van der Waals surface area contributed by atoms with Crippen LogP contribution in [0.3, 0.4) is 0 Å². The van der Waals surface area contributed by atoms with Gasteiger partial charge in [-0.1, -0.05) is 6.07 Å². The zero-order chi connectivity index (χ0) is 20.4. The molecule has 3 aromatic heterocycles. The number of hydrogen-bond donors (Lipinski definition) is 1. The number of nitrogens with zero attached hydrogens (tertiary/aromatic N) is 5. The van der Waals surface area contributed by atoms with E-state index in [0.29, 0.717) is 28.8 Å². The third kappa shape index (κ3) is 4.08. The van der Waals surface area contributed by atoms with Crippen LogP contribution in [0.1, 0.15) is 37.4 Å². The zero-order valence-corrected chi connectivity index (χ0v) is 15.9. The average molecular weight is 402 g/mol. The summed E-state index contributed by atoms with van der Waals surface area (Å²) in [5.41, 5.74) is -0.322. The van der Waals surface area contributed by atoms with Gasteiger partial charge in [-0.05, 0) is 44.4 Å². The number of aromatic nitrogens is 4. The summed E-state index contributed by atoms with van der Waals surface area (Å²) in [6, 6.07) is 6.77. The summed E-state index contributed by atoms with van der Waals surface area (Å²) in [4.78, 5) is 19.2. The Bertz CT molecular complexity index is 1010. The van der Waals surface area contributed by atoms with Crippen LogP contribution in [0, 0.1) is 0 Å². The van der Waals surface area contributed by atoms with Crippen molar-refractivity contribution in [2.45, 2.75) is 44.9 Å². The monoisotopic (exact) mass is 402 g/mol. The first kappa shape index (κ1) is 19.4. The molecule has 0 amide bonds. The van der Waals surface area contributed by atoms with E-state index in [1.165, 1.54) is 12.1 Å². The molecule has 9 heteroatoms. The number of pyridine rings is 2. The normalized spacial score (nSPS) is 17.5. The van der Waals surface area contributed by atoms with Crippen LogP contribution in [-0.4, -0.2) is 32.5 Å². The van der Waals surface area contributed by atoms with Crippen molar-refractivity contribution in [2.75, 3.05) is 16.8 Å². The second kappa shape index (κ2) is 7.81. The van der Waals surface area contributed by atoms with Gasteiger partial charge in [0.2, 0.25) is 5.95 Å². The van der Waals surface area contributed by atoms with E-state index in [2.05, 4.69) is 37.1 Å². The number of hydrogen-bond acceptors (Lipinski definition) is 6. The Morgan fingerprint density at radius 3 is 2.69 bits per heavy atom. The summed E-state index contributed by atoms with van der Waals surface area (Å²) >= 11 is 0. The molecule has 0 unspecified atom stereocenters. The van der Waals surface area contributed by atoms with Gasteiger partial charge in [0.15, 0.2) is 5.65 Å². The van der Waals surface area contributed by atoms with Crippen molar-refractivity contribution < 1.29 is 13.2 Å². The molecule has 1 saturated heterocycles. The summed E-state index contributed by atoms with van der Waals surface area (Å²) in [6.45, 7) is 2.92. The molecule has 0 aliphatic carbocycles. The van der Waals surface area contributed by atoms with E-state index in [4.69, 9.17) is 0 Å². The lowest BCUT2D eigenvalue weighted by Gasteiger charge is -2.33. The largest absolute Gasteiger partial charge is 0.433 e. The first-order valence-electron chi connectivity index (χ1n) is 9.58. The summed E-state index contributed by atoms with van der Waals surface area (Å²) in [6.07, 6.45) is 1.55. The second-order valence-electron chi connectivity index (χ2n) is 7.15. The molecule has 0 radical (unpaired) electrons. The van der Waals surface area contributed by atoms with E-state index in [-0.39, 0.29) is 12.1 Å². The van der Waals surface area contributed by atoms with Crippen molar-refractivity contribution in [2.24, 2.45) is 0 Å². The molecule has 0 spiro atoms. The third-order valence-electron chi connectivity index (χ3n) is 5.13. The van der Waals surface area contributed by atoms with Gasteiger partial charge >= 0.3 is 6.18 Å². The van der Waals surface area contributed by atoms with Crippen molar-refractivity contribution in [1.82, 2.24) is 19.9 Å². The standard InChI is InChI=1S/C20H21F3N6/c1-13-6-2-3-11-29(13)19-27-17-15(8-5-10-25-17)18(28-19)26-12-14-7-4-9-24-16(14)20(21,22)23/h4-5,7-10,13H,2-3,6,11-12H2,1H3,(H,25,26,27,28)/t13-/m0/s1. The van der Waals surface area contributed by atoms with Gasteiger partial charge < -0.3 is 10.2 Å². The fourth-order valence-corrected chi connectivity index (χ4v) is 3.62. The summed E-state index contributed by atoms with van der Waals surface area (Å²) in [5.74, 6) is 1.01. The topological polar surface area (TPSA) is 66.8 Å². The first-order chi connectivity index (χ1) is 13.9. The molecule has 1 fully saturated rings. The number of nitrogens with one attached hydrogen (secondary N) is 1. The molecule has 1 aliphatic rings. The minimum Gasteiger partial charge on any atom is -0.365 e. The van der Waals surface area contributed by atoms with Crippen LogP contribution >= 0.6 is 0 Å². The number of piperidine rings is 1. The van der Waals surface area contributed by atoms with Gasteiger partial charge in [0.1, 0.15) is 11.5 Å². The SMILES string of the molecule is C[C@H]1CCCCN1c1nc(NCc2cccnc2C(F)(F)F)c2cccnc2n1. The van der Waals surface area contributed by atoms with E-state index >= 15 is 0 Å². The van der Waals surface area contributed by atoms with Crippen LogP contribution < -0.4 is 10.2 Å². The average Bonchev–Trinajstić information content (AvgIpc) is 2.71. The molecule has 4 heterocycles. The molecule has 1 atom stereocenters. The third-order valence-corrected chi connectivity index (χ3v) is 5.13. The Balaban J connectivity index is 1.69. The summed E-state index contributed by atoms with van der Waals surface area (Å²) in [5, 5.41) is 3.72. The van der Waals surface area contributed by atoms with Crippen LogP contribution in [0.2, 0.25) is 0 Å². The minimum absolute atomic E-state index is 0.0569. The minimum atomic E-state index is -4.51. The highest BCUT2D eigenvalue weighted by Crippen LogP contribution is 2.31. The highest BCUT2D eigenvalue weighted by molar-refractivity contribution is 5.87. The molecule has 0 bridgehead atoms. The molecule has 29 heavy (non-hydrogen) atoms. The number of halogens is 3. The maximum absolute atomic E-state index is 13.2. The molecule has 152 valence electrons. The Morgan fingerprint density at radius 1 is 1.10 bits per heavy atom. The van der Waals surface area contributed by atoms with Crippen LogP contribution in [0.5, 0.6) is 0 Å². The van der Waals surface area contributed by atoms with Crippen molar-refractivity contribution in [1.29, 1.82) is 0 Å². The Labute approximate surface area is 166 Å². The summed E-state index contributed by atoms with van der Waals surface area (Å²) < 4.78 is 39.7. The molecular formula is C20H21F3N6. The predicted octanol–water partition coefficient (Wildman–Crippen LogP) is 4.43. The molecule has 6 nitrogen and oxygen atoms in total. The van der Waals surface area contributed by atoms with E-state index in [1.807, 2.05) is 6.07 Å². The van der Waals surface area contributed by atoms with Crippen molar-refractivity contribution >= 4 is 22.8 Å². The Hall–Kier alpha value is -2.97. The van der Waals surface area contributed by atoms with Crippen molar-refractivity contribution in [3.63, 3.8) is 0 Å². The highest BCUT2D eigenvalue weighted by Gasteiger charge is 2.35. The lowest BCUT2D eigenvalue weighted by Crippen LogP contribution is -2.38. The summed E-state index contributed by atoms with van der Waals surface area (Å²) in [7, 11) is 0. The molecular weight excluding hydrogens is 381 g/mol. The molecule has 4 rings (SSSR count). The van der Waals surface area contributed by atoms with Crippen LogP contribution in [0.15, 0.2) is 36.7 Å². The molecule has 1 aliphatic heterocycles. The van der Waals surface area contributed by atoms with Crippen LogP contribution in [-0.2, 0) is 12.7 Å². The van der Waals surface area contributed by atoms with Crippen molar-refractivity contribution in [3.05, 3.63) is 47.9 Å².